The van der Waals surface area contributed by atoms with Gasteiger partial charge in [0.2, 0.25) is 5.91 Å². The molecule has 0 bridgehead atoms. The van der Waals surface area contributed by atoms with Gasteiger partial charge in [0.15, 0.2) is 0 Å². The lowest BCUT2D eigenvalue weighted by Crippen LogP contribution is -2.40. The minimum atomic E-state index is -0.772. The predicted molar refractivity (Wildman–Crippen MR) is 167 cm³/mol. The van der Waals surface area contributed by atoms with Crippen LogP contribution >= 0.6 is 11.3 Å². The molecule has 0 saturated heterocycles. The Bertz CT molecular complexity index is 1940. The summed E-state index contributed by atoms with van der Waals surface area (Å²) in [6.45, 7) is 8.06. The zero-order valence-corrected chi connectivity index (χ0v) is 25.9. The summed E-state index contributed by atoms with van der Waals surface area (Å²) in [5.41, 5.74) is 4.42. The number of anilines is 1. The second kappa shape index (κ2) is 11.4. The third kappa shape index (κ3) is 4.95. The fourth-order valence-electron chi connectivity index (χ4n) is 6.29. The summed E-state index contributed by atoms with van der Waals surface area (Å²) >= 11 is 1.45. The van der Waals surface area contributed by atoms with Crippen LogP contribution in [0.25, 0.3) is 32.6 Å². The number of rotatable bonds is 8. The smallest absolute Gasteiger partial charge is 0.246 e. The lowest BCUT2D eigenvalue weighted by Gasteiger charge is -2.33. The number of aryl methyl sites for hydroxylation is 1. The summed E-state index contributed by atoms with van der Waals surface area (Å²) in [5, 5.41) is 12.3. The number of aromatic nitrogens is 5. The molecule has 2 aliphatic rings. The van der Waals surface area contributed by atoms with Crippen molar-refractivity contribution >= 4 is 33.1 Å². The number of pyridine rings is 1. The molecule has 2 aliphatic heterocycles. The van der Waals surface area contributed by atoms with Gasteiger partial charge in [-0.3, -0.25) is 14.2 Å². The number of hydrogen-bond donors (Lipinski definition) is 0. The van der Waals surface area contributed by atoms with Gasteiger partial charge < -0.3 is 19.3 Å². The van der Waals surface area contributed by atoms with E-state index in [9.17, 15) is 9.18 Å². The van der Waals surface area contributed by atoms with Crippen LogP contribution in [-0.4, -0.2) is 62.2 Å². The summed E-state index contributed by atoms with van der Waals surface area (Å²) in [6.07, 6.45) is 3.32. The van der Waals surface area contributed by atoms with Gasteiger partial charge in [0.1, 0.15) is 41.2 Å². The van der Waals surface area contributed by atoms with Gasteiger partial charge in [0, 0.05) is 66.8 Å². The molecule has 6 heterocycles. The van der Waals surface area contributed by atoms with Crippen molar-refractivity contribution in [2.24, 2.45) is 7.05 Å². The van der Waals surface area contributed by atoms with Crippen LogP contribution in [0, 0.1) is 11.6 Å². The van der Waals surface area contributed by atoms with Gasteiger partial charge in [-0.05, 0) is 30.5 Å². The van der Waals surface area contributed by atoms with E-state index in [1.165, 1.54) is 30.6 Å². The zero-order valence-electron chi connectivity index (χ0n) is 25.1. The Morgan fingerprint density at radius 1 is 1.16 bits per heavy atom. The number of methoxy groups -OCH3 is 1. The predicted octanol–water partition coefficient (Wildman–Crippen LogP) is 5.47. The number of nitrogens with zero attached hydrogens (tertiary/aromatic N) is 7. The van der Waals surface area contributed by atoms with E-state index in [0.29, 0.717) is 43.1 Å². The number of ether oxygens (including phenoxy) is 2. The van der Waals surface area contributed by atoms with E-state index in [0.717, 1.165) is 38.9 Å². The maximum Gasteiger partial charge on any atom is 0.246 e. The number of hydrogen-bond acceptors (Lipinski definition) is 8. The Morgan fingerprint density at radius 2 is 2.00 bits per heavy atom. The molecule has 10 nitrogen and oxygen atoms in total. The maximum absolute atomic E-state index is 16.0. The monoisotopic (exact) mass is 631 g/mol. The topological polar surface area (TPSA) is 90.5 Å². The Kier molecular flexibility index (Phi) is 7.37. The molecular formula is C32H31F2N7O3S. The fourth-order valence-corrected chi connectivity index (χ4v) is 7.23. The number of carbonyl (C=O) groups excluding carboxylic acids is 1. The first-order valence-corrected chi connectivity index (χ1v) is 15.4. The van der Waals surface area contributed by atoms with Crippen LogP contribution < -0.4 is 9.64 Å². The molecule has 13 heteroatoms. The first kappa shape index (κ1) is 29.1. The first-order valence-electron chi connectivity index (χ1n) is 14.6. The summed E-state index contributed by atoms with van der Waals surface area (Å²) in [7, 11) is 3.43. The Balaban J connectivity index is 1.45. The molecule has 232 valence electrons. The summed E-state index contributed by atoms with van der Waals surface area (Å²) in [5.74, 6) is -0.915. The largest absolute Gasteiger partial charge is 0.490 e. The lowest BCUT2D eigenvalue weighted by atomic mass is 9.98. The summed E-state index contributed by atoms with van der Waals surface area (Å²) in [4.78, 5) is 21.7. The van der Waals surface area contributed by atoms with Gasteiger partial charge in [-0.25, -0.2) is 13.8 Å². The van der Waals surface area contributed by atoms with E-state index in [-0.39, 0.29) is 36.5 Å². The molecule has 0 radical (unpaired) electrons. The Morgan fingerprint density at radius 3 is 2.78 bits per heavy atom. The third-order valence-corrected chi connectivity index (χ3v) is 9.29. The summed E-state index contributed by atoms with van der Waals surface area (Å²) in [6, 6.07) is 5.65. The van der Waals surface area contributed by atoms with Crippen molar-refractivity contribution in [3.63, 3.8) is 0 Å². The molecule has 1 aromatic carbocycles. The number of amides is 1. The van der Waals surface area contributed by atoms with Crippen LogP contribution in [0.2, 0.25) is 0 Å². The second-order valence-electron chi connectivity index (χ2n) is 11.1. The molecule has 5 aromatic rings. The SMILES string of the molecule is C=CC(=O)N1CCn2nc(-c3nc(N4Cc5cn(C)nc5C4)c4ccsc4c3-c3c(F)cc(F)cc3OCCOC)cc2[C@H]1C. The first-order chi connectivity index (χ1) is 21.8. The molecule has 0 spiro atoms. The van der Waals surface area contributed by atoms with Gasteiger partial charge in [-0.1, -0.05) is 6.58 Å². The Labute approximate surface area is 262 Å². The zero-order chi connectivity index (χ0) is 31.4. The van der Waals surface area contributed by atoms with Crippen LogP contribution in [-0.2, 0) is 36.2 Å². The average Bonchev–Trinajstić information content (AvgIpc) is 3.80. The second-order valence-corrected chi connectivity index (χ2v) is 12.1. The normalized spacial score (nSPS) is 15.9. The quantitative estimate of drug-likeness (QED) is 0.166. The highest BCUT2D eigenvalue weighted by Gasteiger charge is 2.33. The van der Waals surface area contributed by atoms with E-state index in [1.54, 1.807) is 4.90 Å². The van der Waals surface area contributed by atoms with E-state index in [1.807, 2.05) is 47.0 Å². The third-order valence-electron chi connectivity index (χ3n) is 8.35. The van der Waals surface area contributed by atoms with E-state index in [4.69, 9.17) is 19.6 Å². The molecule has 4 aromatic heterocycles. The van der Waals surface area contributed by atoms with Crippen LogP contribution in [0.15, 0.2) is 48.5 Å². The van der Waals surface area contributed by atoms with Crippen molar-refractivity contribution < 1.29 is 23.0 Å². The van der Waals surface area contributed by atoms with E-state index < -0.39 is 11.6 Å². The molecule has 0 fully saturated rings. The number of fused-ring (bicyclic) bond motifs is 3. The van der Waals surface area contributed by atoms with Gasteiger partial charge in [-0.15, -0.1) is 11.3 Å². The number of carbonyl (C=O) groups is 1. The highest BCUT2D eigenvalue weighted by Crippen LogP contribution is 2.48. The molecule has 1 amide bonds. The van der Waals surface area contributed by atoms with Crippen molar-refractivity contribution in [3.8, 4) is 28.3 Å². The molecular weight excluding hydrogens is 600 g/mol. The van der Waals surface area contributed by atoms with Crippen LogP contribution in [0.1, 0.15) is 29.9 Å². The molecule has 1 atom stereocenters. The van der Waals surface area contributed by atoms with Crippen molar-refractivity contribution in [2.75, 3.05) is 31.8 Å². The van der Waals surface area contributed by atoms with Crippen LogP contribution in [0.4, 0.5) is 14.6 Å². The van der Waals surface area contributed by atoms with E-state index in [2.05, 4.69) is 16.6 Å². The number of halogens is 2. The molecule has 7 rings (SSSR count). The lowest BCUT2D eigenvalue weighted by molar-refractivity contribution is -0.129. The van der Waals surface area contributed by atoms with Crippen molar-refractivity contribution in [1.82, 2.24) is 29.4 Å². The molecule has 0 aliphatic carbocycles. The Hall–Kier alpha value is -4.62. The van der Waals surface area contributed by atoms with Gasteiger partial charge >= 0.3 is 0 Å². The van der Waals surface area contributed by atoms with Crippen LogP contribution in [0.5, 0.6) is 5.75 Å². The molecule has 0 saturated carbocycles. The average molecular weight is 632 g/mol. The van der Waals surface area contributed by atoms with Crippen molar-refractivity contribution in [1.29, 1.82) is 0 Å². The highest BCUT2D eigenvalue weighted by molar-refractivity contribution is 7.18. The molecule has 0 N–H and O–H groups in total. The van der Waals surface area contributed by atoms with Crippen molar-refractivity contribution in [2.45, 2.75) is 32.6 Å². The standard InChI is InChI=1S/C32H31F2N7O3S/c1-5-27(42)40-7-8-41-25(18(40)2)14-23(37-41)30-29(28-22(34)12-20(33)13-26(28)44-10-9-43-4)31-21(6-11-45-31)32(35-30)39-16-19-15-38(3)36-24(19)17-39/h5-6,11-15,18H,1,7-10,16-17H2,2-4H3/t18-/m1/s1. The minimum absolute atomic E-state index is 0.0494. The van der Waals surface area contributed by atoms with Crippen LogP contribution in [0.3, 0.4) is 0 Å². The van der Waals surface area contributed by atoms with Gasteiger partial charge in [-0.2, -0.15) is 10.2 Å². The van der Waals surface area contributed by atoms with Crippen molar-refractivity contribution in [3.05, 3.63) is 77.1 Å². The molecule has 0 unspecified atom stereocenters. The highest BCUT2D eigenvalue weighted by atomic mass is 32.1. The molecule has 45 heavy (non-hydrogen) atoms. The van der Waals surface area contributed by atoms with Gasteiger partial charge in [0.25, 0.3) is 0 Å². The van der Waals surface area contributed by atoms with Gasteiger partial charge in [0.05, 0.1) is 42.7 Å². The fraction of sp³-hybridized carbons (Fsp3) is 0.312. The summed E-state index contributed by atoms with van der Waals surface area (Å²) < 4.78 is 46.1. The number of benzene rings is 1. The maximum atomic E-state index is 16.0. The number of thiophene rings is 1. The minimum Gasteiger partial charge on any atom is -0.490 e. The van der Waals surface area contributed by atoms with E-state index >= 15 is 4.39 Å².